The molecule has 0 saturated heterocycles. The van der Waals surface area contributed by atoms with Crippen molar-refractivity contribution in [3.8, 4) is 11.8 Å². The van der Waals surface area contributed by atoms with Crippen molar-refractivity contribution < 1.29 is 32.7 Å². The Labute approximate surface area is 221 Å². The van der Waals surface area contributed by atoms with E-state index < -0.39 is 46.9 Å². The fraction of sp³-hybridized carbons (Fsp3) is 0.179. The molecule has 0 radical (unpaired) electrons. The molecule has 0 fully saturated rings. The van der Waals surface area contributed by atoms with Gasteiger partial charge in [-0.1, -0.05) is 29.7 Å². The van der Waals surface area contributed by atoms with E-state index in [-0.39, 0.29) is 34.2 Å². The van der Waals surface area contributed by atoms with E-state index in [2.05, 4.69) is 11.2 Å². The molecule has 194 valence electrons. The Morgan fingerprint density at radius 1 is 1.03 bits per heavy atom. The van der Waals surface area contributed by atoms with Crippen LogP contribution in [0.2, 0.25) is 5.02 Å². The summed E-state index contributed by atoms with van der Waals surface area (Å²) in [7, 11) is 0. The van der Waals surface area contributed by atoms with Gasteiger partial charge < -0.3 is 15.3 Å². The summed E-state index contributed by atoms with van der Waals surface area (Å²) < 4.78 is 43.3. The number of hydrogen-bond acceptors (Lipinski definition) is 3. The lowest BCUT2D eigenvalue weighted by molar-refractivity contribution is -0.130. The first kappa shape index (κ1) is 26.8. The molecule has 4 rings (SSSR count). The van der Waals surface area contributed by atoms with Gasteiger partial charge in [0.25, 0.3) is 5.91 Å². The van der Waals surface area contributed by atoms with Crippen LogP contribution in [0.4, 0.5) is 18.9 Å². The fourth-order valence-electron chi connectivity index (χ4n) is 4.23. The summed E-state index contributed by atoms with van der Waals surface area (Å²) in [4.78, 5) is 38.0. The smallest absolute Gasteiger partial charge is 0.382 e. The van der Waals surface area contributed by atoms with Gasteiger partial charge in [0.05, 0.1) is 12.0 Å². The number of anilines is 1. The summed E-state index contributed by atoms with van der Waals surface area (Å²) in [5.74, 6) is -1.11. The highest BCUT2D eigenvalue weighted by atomic mass is 35.5. The average molecular weight is 541 g/mol. The number of nitrogens with one attached hydrogen (secondary N) is 1. The summed E-state index contributed by atoms with van der Waals surface area (Å²) in [5.41, 5.74) is -0.287. The third kappa shape index (κ3) is 5.08. The first-order chi connectivity index (χ1) is 17.9. The molecule has 0 atom stereocenters. The quantitative estimate of drug-likeness (QED) is 0.449. The van der Waals surface area contributed by atoms with E-state index in [0.29, 0.717) is 11.3 Å². The molecule has 1 aliphatic rings. The topological polar surface area (TPSA) is 86.7 Å². The van der Waals surface area contributed by atoms with Crippen molar-refractivity contribution in [2.45, 2.75) is 32.4 Å². The number of halogens is 4. The highest BCUT2D eigenvalue weighted by Gasteiger charge is 2.44. The molecule has 1 heterocycles. The van der Waals surface area contributed by atoms with Crippen molar-refractivity contribution in [3.63, 3.8) is 0 Å². The highest BCUT2D eigenvalue weighted by Crippen LogP contribution is 2.43. The second kappa shape index (κ2) is 10.2. The molecule has 0 aliphatic carbocycles. The molecule has 3 aromatic carbocycles. The van der Waals surface area contributed by atoms with E-state index in [0.717, 1.165) is 12.1 Å². The van der Waals surface area contributed by atoms with Crippen LogP contribution >= 0.6 is 11.6 Å². The maximum Gasteiger partial charge on any atom is 0.382 e. The van der Waals surface area contributed by atoms with Crippen LogP contribution in [-0.2, 0) is 28.1 Å². The minimum Gasteiger partial charge on any atom is -0.472 e. The number of rotatable bonds is 5. The van der Waals surface area contributed by atoms with Gasteiger partial charge in [0.1, 0.15) is 17.5 Å². The Morgan fingerprint density at radius 2 is 1.71 bits per heavy atom. The summed E-state index contributed by atoms with van der Waals surface area (Å²) >= 11 is 6.16. The zero-order valence-corrected chi connectivity index (χ0v) is 20.9. The van der Waals surface area contributed by atoms with Crippen LogP contribution in [0.5, 0.6) is 0 Å². The predicted molar refractivity (Wildman–Crippen MR) is 134 cm³/mol. The Morgan fingerprint density at radius 3 is 2.34 bits per heavy atom. The van der Waals surface area contributed by atoms with Gasteiger partial charge in [-0.15, -0.1) is 0 Å². The summed E-state index contributed by atoms with van der Waals surface area (Å²) in [6.45, 7) is 2.78. The summed E-state index contributed by atoms with van der Waals surface area (Å²) in [5, 5.41) is 11.2. The van der Waals surface area contributed by atoms with Crippen LogP contribution in [0.3, 0.4) is 0 Å². The van der Waals surface area contributed by atoms with Crippen LogP contribution in [0.15, 0.2) is 48.5 Å². The minimum atomic E-state index is -1.45. The second-order valence-corrected chi connectivity index (χ2v) is 9.51. The van der Waals surface area contributed by atoms with Crippen molar-refractivity contribution in [1.29, 1.82) is 0 Å². The van der Waals surface area contributed by atoms with E-state index in [1.807, 2.05) is 0 Å². The molecule has 6 nitrogen and oxygen atoms in total. The molecule has 38 heavy (non-hydrogen) atoms. The van der Waals surface area contributed by atoms with E-state index >= 15 is 0 Å². The molecular weight excluding hydrogens is 521 g/mol. The second-order valence-electron chi connectivity index (χ2n) is 9.10. The Balaban J connectivity index is 1.59. The van der Waals surface area contributed by atoms with Crippen LogP contribution in [0, 0.1) is 29.3 Å². The summed E-state index contributed by atoms with van der Waals surface area (Å²) in [6.07, 6.45) is 0. The zero-order chi connectivity index (χ0) is 27.8. The minimum absolute atomic E-state index is 0.114. The van der Waals surface area contributed by atoms with Crippen LogP contribution in [0.25, 0.3) is 0 Å². The van der Waals surface area contributed by atoms with Gasteiger partial charge in [-0.3, -0.25) is 9.59 Å². The highest BCUT2D eigenvalue weighted by molar-refractivity contribution is 6.31. The van der Waals surface area contributed by atoms with E-state index in [1.165, 1.54) is 35.2 Å². The third-order valence-corrected chi connectivity index (χ3v) is 6.62. The molecule has 0 unspecified atom stereocenters. The molecule has 0 saturated carbocycles. The number of carbonyl (C=O) groups is 3. The van der Waals surface area contributed by atoms with Gasteiger partial charge in [0, 0.05) is 45.4 Å². The molecule has 0 spiro atoms. The van der Waals surface area contributed by atoms with Gasteiger partial charge in [-0.2, -0.15) is 0 Å². The van der Waals surface area contributed by atoms with Gasteiger partial charge in [0.15, 0.2) is 0 Å². The van der Waals surface area contributed by atoms with E-state index in [4.69, 9.17) is 16.7 Å². The van der Waals surface area contributed by atoms with Crippen molar-refractivity contribution in [2.24, 2.45) is 0 Å². The summed E-state index contributed by atoms with van der Waals surface area (Å²) in [6, 6.07) is 10.5. The van der Waals surface area contributed by atoms with E-state index in [9.17, 15) is 27.6 Å². The predicted octanol–water partition coefficient (Wildman–Crippen LogP) is 4.95. The third-order valence-electron chi connectivity index (χ3n) is 6.26. The number of amides is 2. The zero-order valence-electron chi connectivity index (χ0n) is 20.2. The average Bonchev–Trinajstić information content (AvgIpc) is 3.04. The van der Waals surface area contributed by atoms with E-state index in [1.54, 1.807) is 25.8 Å². The number of fused-ring (bicyclic) bond motifs is 1. The number of aliphatic carboxylic acids is 1. The largest absolute Gasteiger partial charge is 0.472 e. The standard InChI is InChI=1S/C28H20ClF3N2O4/c1-28(2)19-8-7-16(12-24(19)34(27(28)38)14-18-20(29)4-3-5-21(18)30)26(37)33-13-17-22(31)10-15(11-23(17)32)6-9-25(35)36/h3-5,7-8,10-12H,13-14H2,1-2H3,(H,33,37)(H,35,36). The Bertz CT molecular complexity index is 1520. The molecule has 0 aromatic heterocycles. The van der Waals surface area contributed by atoms with Crippen LogP contribution in [-0.4, -0.2) is 22.9 Å². The number of benzene rings is 3. The molecule has 0 bridgehead atoms. The van der Waals surface area contributed by atoms with Crippen molar-refractivity contribution in [2.75, 3.05) is 4.90 Å². The fourth-order valence-corrected chi connectivity index (χ4v) is 4.45. The maximum atomic E-state index is 14.5. The molecule has 2 amide bonds. The van der Waals surface area contributed by atoms with Gasteiger partial charge >= 0.3 is 5.97 Å². The lowest BCUT2D eigenvalue weighted by Gasteiger charge is -2.21. The maximum absolute atomic E-state index is 14.5. The molecule has 3 aromatic rings. The lowest BCUT2D eigenvalue weighted by atomic mass is 9.86. The number of hydrogen-bond donors (Lipinski definition) is 2. The Hall–Kier alpha value is -4.29. The van der Waals surface area contributed by atoms with Gasteiger partial charge in [-0.05, 0) is 55.8 Å². The van der Waals surface area contributed by atoms with Gasteiger partial charge in [-0.25, -0.2) is 18.0 Å². The molecule has 10 heteroatoms. The number of carboxylic acids is 1. The number of carboxylic acid groups (broad SMARTS) is 1. The number of nitrogens with zero attached hydrogens (tertiary/aromatic N) is 1. The molecule has 2 N–H and O–H groups in total. The van der Waals surface area contributed by atoms with Crippen molar-refractivity contribution in [1.82, 2.24) is 5.32 Å². The SMILES string of the molecule is CC1(C)C(=O)N(Cc2c(F)cccc2Cl)c2cc(C(=O)NCc3c(F)cc(C#CC(=O)O)cc3F)ccc21. The van der Waals surface area contributed by atoms with Crippen molar-refractivity contribution in [3.05, 3.63) is 98.8 Å². The number of carbonyl (C=O) groups excluding carboxylic acids is 2. The van der Waals surface area contributed by atoms with Crippen molar-refractivity contribution >= 4 is 35.1 Å². The normalized spacial score (nSPS) is 13.5. The first-order valence-corrected chi connectivity index (χ1v) is 11.7. The monoisotopic (exact) mass is 540 g/mol. The van der Waals surface area contributed by atoms with Gasteiger partial charge in [0.2, 0.25) is 5.91 Å². The Kier molecular flexibility index (Phi) is 7.20. The lowest BCUT2D eigenvalue weighted by Crippen LogP contribution is -2.36. The first-order valence-electron chi connectivity index (χ1n) is 11.3. The van der Waals surface area contributed by atoms with Crippen LogP contribution < -0.4 is 10.2 Å². The molecule has 1 aliphatic heterocycles. The van der Waals surface area contributed by atoms with Crippen LogP contribution in [0.1, 0.15) is 46.5 Å². The molecular formula is C28H20ClF3N2O4.